The zero-order valence-corrected chi connectivity index (χ0v) is 27.6. The number of carbonyl (C=O) groups is 1. The second-order valence-corrected chi connectivity index (χ2v) is 10.4. The molecule has 0 fully saturated rings. The molecule has 2 heterocycles. The van der Waals surface area contributed by atoms with Crippen molar-refractivity contribution >= 4 is 29.1 Å². The van der Waals surface area contributed by atoms with Crippen LogP contribution in [0.2, 0.25) is 0 Å². The van der Waals surface area contributed by atoms with Crippen LogP contribution >= 0.6 is 0 Å². The molecule has 0 aliphatic carbocycles. The Hall–Kier alpha value is -4.84. The largest absolute Gasteiger partial charge is 0.457 e. The van der Waals surface area contributed by atoms with Crippen molar-refractivity contribution < 1.29 is 9.53 Å². The standard InChI is InChI=1S/C22H26N6O.C11H21NO.C2H2/c1-15-9-11-28-21(15)22(25-14-26-28)27-18-6-7-20(16(2)12-18)29-19(8-10-23-4)13-17(3)24-5;1-5-8-12(11(13)6-2)9-7-10(3)4;1-2/h6-14,24H,1-5H3,(H,25,26,27);6,10H,2,5,7-9H2,1,3-4H3;1-2H/b17-13+,19-8+,23-10?;;. The van der Waals surface area contributed by atoms with Crippen LogP contribution in [0.15, 0.2) is 78.0 Å². The Morgan fingerprint density at radius 2 is 1.93 bits per heavy atom. The van der Waals surface area contributed by atoms with Crippen LogP contribution in [0.25, 0.3) is 5.52 Å². The average molecular weight is 600 g/mol. The Morgan fingerprint density at radius 3 is 2.52 bits per heavy atom. The Morgan fingerprint density at radius 1 is 1.20 bits per heavy atom. The second-order valence-electron chi connectivity index (χ2n) is 10.4. The summed E-state index contributed by atoms with van der Waals surface area (Å²) >= 11 is 0. The third kappa shape index (κ3) is 12.2. The summed E-state index contributed by atoms with van der Waals surface area (Å²) in [7, 11) is 3.60. The number of carbonyl (C=O) groups excluding carboxylic acids is 1. The molecule has 0 aliphatic rings. The van der Waals surface area contributed by atoms with Crippen LogP contribution in [0.3, 0.4) is 0 Å². The van der Waals surface area contributed by atoms with Gasteiger partial charge in [0.05, 0.1) is 0 Å². The lowest BCUT2D eigenvalue weighted by molar-refractivity contribution is -0.126. The first-order chi connectivity index (χ1) is 21.1. The molecule has 9 heteroatoms. The molecule has 2 aromatic heterocycles. The fraction of sp³-hybridized carbons (Fsp3) is 0.371. The molecule has 0 saturated carbocycles. The van der Waals surface area contributed by atoms with Crippen LogP contribution in [0, 0.1) is 32.6 Å². The van der Waals surface area contributed by atoms with Gasteiger partial charge in [0.15, 0.2) is 5.82 Å². The van der Waals surface area contributed by atoms with E-state index in [1.165, 1.54) is 6.08 Å². The maximum Gasteiger partial charge on any atom is 0.245 e. The molecular weight excluding hydrogens is 550 g/mol. The number of ether oxygens (including phenoxy) is 1. The Labute approximate surface area is 263 Å². The normalized spacial score (nSPS) is 11.3. The zero-order valence-electron chi connectivity index (χ0n) is 27.6. The summed E-state index contributed by atoms with van der Waals surface area (Å²) in [5.41, 5.74) is 5.00. The Bertz CT molecular complexity index is 1450. The highest BCUT2D eigenvalue weighted by atomic mass is 16.5. The lowest BCUT2D eigenvalue weighted by atomic mass is 10.1. The molecule has 0 radical (unpaired) electrons. The van der Waals surface area contributed by atoms with Crippen LogP contribution in [0.5, 0.6) is 5.75 Å². The summed E-state index contributed by atoms with van der Waals surface area (Å²) < 4.78 is 7.92. The summed E-state index contributed by atoms with van der Waals surface area (Å²) in [6.07, 6.45) is 20.4. The van der Waals surface area contributed by atoms with Crippen LogP contribution in [0.1, 0.15) is 51.7 Å². The number of rotatable bonds is 13. The highest BCUT2D eigenvalue weighted by Crippen LogP contribution is 2.27. The number of allylic oxidation sites excluding steroid dienone is 3. The molecule has 0 unspecified atom stereocenters. The maximum absolute atomic E-state index is 11.3. The van der Waals surface area contributed by atoms with E-state index >= 15 is 0 Å². The Kier molecular flexibility index (Phi) is 17.0. The van der Waals surface area contributed by atoms with Crippen LogP contribution < -0.4 is 15.4 Å². The number of aryl methyl sites for hydroxylation is 2. The smallest absolute Gasteiger partial charge is 0.245 e. The van der Waals surface area contributed by atoms with Gasteiger partial charge in [-0.25, -0.2) is 9.50 Å². The molecule has 1 aromatic carbocycles. The summed E-state index contributed by atoms with van der Waals surface area (Å²) in [6, 6.07) is 7.97. The molecule has 0 aliphatic heterocycles. The SMILES string of the molecule is C#C.C=CC(=O)N(CCC)CCC(C)C.CN=C/C=C(\C=C(/C)NC)Oc1ccc(Nc2ncnn3ccc(C)c23)cc1C. The third-order valence-corrected chi connectivity index (χ3v) is 6.42. The summed E-state index contributed by atoms with van der Waals surface area (Å²) in [5.74, 6) is 2.95. The van der Waals surface area contributed by atoms with E-state index in [0.717, 1.165) is 65.5 Å². The molecule has 2 N–H and O–H groups in total. The zero-order chi connectivity index (χ0) is 33.1. The molecule has 0 spiro atoms. The summed E-state index contributed by atoms with van der Waals surface area (Å²) in [4.78, 5) is 21.6. The van der Waals surface area contributed by atoms with Gasteiger partial charge in [-0.1, -0.05) is 27.4 Å². The highest BCUT2D eigenvalue weighted by Gasteiger charge is 2.10. The monoisotopic (exact) mass is 599 g/mol. The van der Waals surface area contributed by atoms with Gasteiger partial charge in [0.2, 0.25) is 5.91 Å². The van der Waals surface area contributed by atoms with Gasteiger partial charge in [-0.15, -0.1) is 12.8 Å². The van der Waals surface area contributed by atoms with Crippen molar-refractivity contribution in [3.63, 3.8) is 0 Å². The molecule has 236 valence electrons. The number of terminal acetylenes is 1. The number of fused-ring (bicyclic) bond motifs is 1. The van der Waals surface area contributed by atoms with Gasteiger partial charge in [-0.2, -0.15) is 5.10 Å². The number of aromatic nitrogens is 3. The van der Waals surface area contributed by atoms with E-state index in [1.54, 1.807) is 19.6 Å². The van der Waals surface area contributed by atoms with E-state index in [9.17, 15) is 4.79 Å². The van der Waals surface area contributed by atoms with E-state index in [1.807, 2.05) is 79.8 Å². The minimum Gasteiger partial charge on any atom is -0.457 e. The molecule has 9 nitrogen and oxygen atoms in total. The van der Waals surface area contributed by atoms with E-state index in [0.29, 0.717) is 11.7 Å². The molecule has 0 atom stereocenters. The molecule has 0 saturated heterocycles. The van der Waals surface area contributed by atoms with Crippen molar-refractivity contribution in [2.45, 2.75) is 54.4 Å². The second kappa shape index (κ2) is 20.1. The van der Waals surface area contributed by atoms with Crippen molar-refractivity contribution in [3.05, 3.63) is 84.2 Å². The number of amides is 1. The quantitative estimate of drug-likeness (QED) is 0.0731. The first-order valence-electron chi connectivity index (χ1n) is 14.7. The fourth-order valence-corrected chi connectivity index (χ4v) is 4.00. The topological polar surface area (TPSA) is 96.2 Å². The highest BCUT2D eigenvalue weighted by molar-refractivity contribution is 5.87. The molecule has 44 heavy (non-hydrogen) atoms. The molecular formula is C35H49N7O2. The van der Waals surface area contributed by atoms with Gasteiger partial charge in [-0.05, 0) is 93.2 Å². The average Bonchev–Trinajstić information content (AvgIpc) is 3.41. The van der Waals surface area contributed by atoms with Crippen LogP contribution in [0.4, 0.5) is 11.5 Å². The van der Waals surface area contributed by atoms with E-state index in [4.69, 9.17) is 4.74 Å². The van der Waals surface area contributed by atoms with Crippen molar-refractivity contribution in [1.82, 2.24) is 24.8 Å². The minimum absolute atomic E-state index is 0.0579. The molecule has 3 aromatic rings. The number of hydrogen-bond acceptors (Lipinski definition) is 7. The van der Waals surface area contributed by atoms with Crippen LogP contribution in [-0.4, -0.2) is 58.8 Å². The van der Waals surface area contributed by atoms with E-state index in [2.05, 4.69) is 65.9 Å². The molecule has 1 amide bonds. The predicted octanol–water partition coefficient (Wildman–Crippen LogP) is 6.88. The van der Waals surface area contributed by atoms with Crippen molar-refractivity contribution in [3.8, 4) is 18.6 Å². The molecule has 3 rings (SSSR count). The fourth-order valence-electron chi connectivity index (χ4n) is 4.00. The van der Waals surface area contributed by atoms with Gasteiger partial charge in [0.1, 0.15) is 23.4 Å². The molecule has 0 bridgehead atoms. The maximum atomic E-state index is 11.3. The van der Waals surface area contributed by atoms with E-state index < -0.39 is 0 Å². The Balaban J connectivity index is 0.000000545. The van der Waals surface area contributed by atoms with Gasteiger partial charge in [-0.3, -0.25) is 9.79 Å². The number of benzene rings is 1. The van der Waals surface area contributed by atoms with Crippen molar-refractivity contribution in [2.24, 2.45) is 10.9 Å². The number of aliphatic imine (C=N–C) groups is 1. The van der Waals surface area contributed by atoms with Gasteiger partial charge in [0, 0.05) is 51.0 Å². The van der Waals surface area contributed by atoms with Gasteiger partial charge < -0.3 is 20.3 Å². The minimum atomic E-state index is 0.0579. The predicted molar refractivity (Wildman–Crippen MR) is 185 cm³/mol. The number of anilines is 2. The number of hydrogen-bond donors (Lipinski definition) is 2. The van der Waals surface area contributed by atoms with Crippen molar-refractivity contribution in [1.29, 1.82) is 0 Å². The van der Waals surface area contributed by atoms with Crippen molar-refractivity contribution in [2.75, 3.05) is 32.5 Å². The lowest BCUT2D eigenvalue weighted by Gasteiger charge is -2.21. The summed E-state index contributed by atoms with van der Waals surface area (Å²) in [6.45, 7) is 17.7. The van der Waals surface area contributed by atoms with E-state index in [-0.39, 0.29) is 5.91 Å². The summed E-state index contributed by atoms with van der Waals surface area (Å²) in [5, 5.41) is 10.7. The van der Waals surface area contributed by atoms with Gasteiger partial charge >= 0.3 is 0 Å². The third-order valence-electron chi connectivity index (χ3n) is 6.42. The first kappa shape index (κ1) is 37.2. The first-order valence-corrected chi connectivity index (χ1v) is 14.7. The number of nitrogens with one attached hydrogen (secondary N) is 2. The number of nitrogens with zero attached hydrogens (tertiary/aromatic N) is 5. The lowest BCUT2D eigenvalue weighted by Crippen LogP contribution is -2.31. The van der Waals surface area contributed by atoms with Gasteiger partial charge in [0.25, 0.3) is 0 Å². The van der Waals surface area contributed by atoms with Crippen LogP contribution in [-0.2, 0) is 4.79 Å².